The van der Waals surface area contributed by atoms with Crippen LogP contribution in [0.3, 0.4) is 0 Å². The number of aryl methyl sites for hydroxylation is 1. The van der Waals surface area contributed by atoms with Gasteiger partial charge in [-0.05, 0) is 50.8 Å². The van der Waals surface area contributed by atoms with Crippen molar-refractivity contribution in [2.45, 2.75) is 33.1 Å². The second-order valence-electron chi connectivity index (χ2n) is 6.81. The van der Waals surface area contributed by atoms with Gasteiger partial charge in [-0.3, -0.25) is 4.79 Å². The Hall–Kier alpha value is -2.83. The molecule has 7 nitrogen and oxygen atoms in total. The van der Waals surface area contributed by atoms with E-state index in [1.165, 1.54) is 0 Å². The number of nitrogens with one attached hydrogen (secondary N) is 1. The van der Waals surface area contributed by atoms with E-state index in [9.17, 15) is 4.79 Å². The summed E-state index contributed by atoms with van der Waals surface area (Å²) in [6, 6.07) is 5.36. The molecule has 1 N–H and O–H groups in total. The van der Waals surface area contributed by atoms with E-state index in [1.807, 2.05) is 6.20 Å². The molecule has 1 aromatic carbocycles. The largest absolute Gasteiger partial charge is 0.497 e. The van der Waals surface area contributed by atoms with Crippen LogP contribution in [0, 0.1) is 5.92 Å². The number of carbonyl (C=O) groups is 1. The maximum atomic E-state index is 12.9. The lowest BCUT2D eigenvalue weighted by atomic mass is 9.86. The number of methoxy groups -OCH3 is 2. The molecule has 28 heavy (non-hydrogen) atoms. The Bertz CT molecular complexity index is 836. The first-order chi connectivity index (χ1) is 13.6. The number of aromatic nitrogens is 2. The average Bonchev–Trinajstić information content (AvgIpc) is 2.74. The molecule has 0 saturated carbocycles. The molecule has 0 aliphatic heterocycles. The first kappa shape index (κ1) is 19.9. The maximum absolute atomic E-state index is 12.9. The molecular weight excluding hydrogens is 356 g/mol. The van der Waals surface area contributed by atoms with Crippen molar-refractivity contribution in [1.29, 1.82) is 0 Å². The van der Waals surface area contributed by atoms with E-state index >= 15 is 0 Å². The molecule has 1 heterocycles. The zero-order chi connectivity index (χ0) is 20.1. The third-order valence-electron chi connectivity index (χ3n) is 5.22. The number of hydrogen-bond acceptors (Lipinski definition) is 6. The van der Waals surface area contributed by atoms with E-state index < -0.39 is 0 Å². The predicted octanol–water partition coefficient (Wildman–Crippen LogP) is 3.08. The molecule has 1 aliphatic carbocycles. The van der Waals surface area contributed by atoms with E-state index in [1.54, 1.807) is 32.4 Å². The summed E-state index contributed by atoms with van der Waals surface area (Å²) in [7, 11) is 3.18. The number of carbonyl (C=O) groups excluding carboxylic acids is 1. The average molecular weight is 384 g/mol. The number of nitrogens with zero attached hydrogens (tertiary/aromatic N) is 3. The van der Waals surface area contributed by atoms with Gasteiger partial charge in [-0.2, -0.15) is 0 Å². The molecule has 0 radical (unpaired) electrons. The van der Waals surface area contributed by atoms with Crippen LogP contribution >= 0.6 is 0 Å². The van der Waals surface area contributed by atoms with Crippen LogP contribution in [0.2, 0.25) is 0 Å². The summed E-state index contributed by atoms with van der Waals surface area (Å²) in [6.07, 6.45) is 4.06. The number of amides is 1. The summed E-state index contributed by atoms with van der Waals surface area (Å²) in [6.45, 7) is 5.95. The van der Waals surface area contributed by atoms with Gasteiger partial charge < -0.3 is 19.7 Å². The van der Waals surface area contributed by atoms with Crippen molar-refractivity contribution in [3.63, 3.8) is 0 Å². The summed E-state index contributed by atoms with van der Waals surface area (Å²) >= 11 is 0. The van der Waals surface area contributed by atoms with E-state index in [0.29, 0.717) is 23.6 Å². The molecule has 0 saturated heterocycles. The second-order valence-corrected chi connectivity index (χ2v) is 6.81. The van der Waals surface area contributed by atoms with Crippen molar-refractivity contribution >= 4 is 17.5 Å². The van der Waals surface area contributed by atoms with Crippen molar-refractivity contribution in [2.24, 2.45) is 5.92 Å². The van der Waals surface area contributed by atoms with Crippen molar-refractivity contribution in [3.05, 3.63) is 35.7 Å². The number of benzene rings is 1. The topological polar surface area (TPSA) is 76.6 Å². The molecule has 1 amide bonds. The SMILES string of the molecule is CCN(CC)c1ncc2c(n1)CC[C@@H](C(=O)Nc1cc(OC)ccc1OC)C2. The van der Waals surface area contributed by atoms with Crippen molar-refractivity contribution in [1.82, 2.24) is 9.97 Å². The summed E-state index contributed by atoms with van der Waals surface area (Å²) in [5.74, 6) is 1.91. The second kappa shape index (κ2) is 8.91. The third kappa shape index (κ3) is 4.18. The molecule has 1 atom stereocenters. The van der Waals surface area contributed by atoms with Crippen LogP contribution in [0.5, 0.6) is 11.5 Å². The van der Waals surface area contributed by atoms with Crippen LogP contribution < -0.4 is 19.7 Å². The van der Waals surface area contributed by atoms with E-state index in [0.717, 1.165) is 43.1 Å². The van der Waals surface area contributed by atoms with E-state index in [4.69, 9.17) is 14.5 Å². The zero-order valence-electron chi connectivity index (χ0n) is 17.0. The highest BCUT2D eigenvalue weighted by molar-refractivity contribution is 5.94. The van der Waals surface area contributed by atoms with Gasteiger partial charge in [0.25, 0.3) is 0 Å². The first-order valence-electron chi connectivity index (χ1n) is 9.72. The molecule has 0 unspecified atom stereocenters. The summed E-state index contributed by atoms with van der Waals surface area (Å²) in [5, 5.41) is 2.99. The van der Waals surface area contributed by atoms with Crippen LogP contribution in [0.25, 0.3) is 0 Å². The molecule has 3 rings (SSSR count). The van der Waals surface area contributed by atoms with Gasteiger partial charge in [0.1, 0.15) is 11.5 Å². The van der Waals surface area contributed by atoms with Gasteiger partial charge in [0, 0.05) is 37.0 Å². The van der Waals surface area contributed by atoms with Gasteiger partial charge in [-0.15, -0.1) is 0 Å². The summed E-state index contributed by atoms with van der Waals surface area (Å²) in [4.78, 5) is 24.2. The van der Waals surface area contributed by atoms with Gasteiger partial charge in [0.15, 0.2) is 0 Å². The molecule has 2 aromatic rings. The first-order valence-corrected chi connectivity index (χ1v) is 9.72. The molecule has 0 fully saturated rings. The highest BCUT2D eigenvalue weighted by Gasteiger charge is 2.27. The Morgan fingerprint density at radius 2 is 2.04 bits per heavy atom. The highest BCUT2D eigenvalue weighted by atomic mass is 16.5. The Morgan fingerprint density at radius 1 is 1.25 bits per heavy atom. The van der Waals surface area contributed by atoms with Gasteiger partial charge >= 0.3 is 0 Å². The zero-order valence-corrected chi connectivity index (χ0v) is 17.0. The molecule has 150 valence electrons. The minimum absolute atomic E-state index is 0.0231. The number of rotatable bonds is 7. The van der Waals surface area contributed by atoms with Crippen LogP contribution in [0.15, 0.2) is 24.4 Å². The molecule has 0 spiro atoms. The maximum Gasteiger partial charge on any atom is 0.227 e. The summed E-state index contributed by atoms with van der Waals surface area (Å²) in [5.41, 5.74) is 2.73. The molecule has 0 bridgehead atoms. The minimum Gasteiger partial charge on any atom is -0.497 e. The lowest BCUT2D eigenvalue weighted by molar-refractivity contribution is -0.120. The lowest BCUT2D eigenvalue weighted by Crippen LogP contribution is -2.30. The van der Waals surface area contributed by atoms with Crippen molar-refractivity contribution in [3.8, 4) is 11.5 Å². The number of hydrogen-bond donors (Lipinski definition) is 1. The highest BCUT2D eigenvalue weighted by Crippen LogP contribution is 2.31. The molecule has 1 aromatic heterocycles. The Balaban J connectivity index is 1.73. The Labute approximate surface area is 166 Å². The Kier molecular flexibility index (Phi) is 6.34. The minimum atomic E-state index is -0.119. The Morgan fingerprint density at radius 3 is 2.71 bits per heavy atom. The third-order valence-corrected chi connectivity index (χ3v) is 5.22. The lowest BCUT2D eigenvalue weighted by Gasteiger charge is -2.25. The number of anilines is 2. The van der Waals surface area contributed by atoms with Crippen molar-refractivity contribution in [2.75, 3.05) is 37.5 Å². The van der Waals surface area contributed by atoms with Crippen LogP contribution in [0.1, 0.15) is 31.5 Å². The van der Waals surface area contributed by atoms with Crippen molar-refractivity contribution < 1.29 is 14.3 Å². The standard InChI is InChI=1S/C21H28N4O3/c1-5-25(6-2)21-22-13-15-11-14(7-9-17(15)24-21)20(26)23-18-12-16(27-3)8-10-19(18)28-4/h8,10,12-14H,5-7,9,11H2,1-4H3,(H,23,26)/t14-/m1/s1. The van der Waals surface area contributed by atoms with Gasteiger partial charge in [0.2, 0.25) is 11.9 Å². The normalized spacial score (nSPS) is 15.5. The number of ether oxygens (including phenoxy) is 2. The van der Waals surface area contributed by atoms with Crippen LogP contribution in [0.4, 0.5) is 11.6 Å². The fourth-order valence-electron chi connectivity index (χ4n) is 3.53. The smallest absolute Gasteiger partial charge is 0.227 e. The van der Waals surface area contributed by atoms with Gasteiger partial charge in [-0.25, -0.2) is 9.97 Å². The monoisotopic (exact) mass is 384 g/mol. The molecule has 1 aliphatic rings. The predicted molar refractivity (Wildman–Crippen MR) is 109 cm³/mol. The fraction of sp³-hybridized carbons (Fsp3) is 0.476. The molecule has 7 heteroatoms. The van der Waals surface area contributed by atoms with Crippen LogP contribution in [-0.2, 0) is 17.6 Å². The van der Waals surface area contributed by atoms with Gasteiger partial charge in [0.05, 0.1) is 19.9 Å². The van der Waals surface area contributed by atoms with E-state index in [-0.39, 0.29) is 11.8 Å². The molecular formula is C21H28N4O3. The number of fused-ring (bicyclic) bond motifs is 1. The quantitative estimate of drug-likeness (QED) is 0.791. The summed E-state index contributed by atoms with van der Waals surface area (Å²) < 4.78 is 10.6. The van der Waals surface area contributed by atoms with Crippen LogP contribution in [-0.4, -0.2) is 43.2 Å². The van der Waals surface area contributed by atoms with E-state index in [2.05, 4.69) is 29.0 Å². The fourth-order valence-corrected chi connectivity index (χ4v) is 3.53. The van der Waals surface area contributed by atoms with Gasteiger partial charge in [-0.1, -0.05) is 0 Å².